The van der Waals surface area contributed by atoms with Crippen LogP contribution in [0.25, 0.3) is 0 Å². The van der Waals surface area contributed by atoms with Crippen molar-refractivity contribution in [3.05, 3.63) is 82.1 Å². The van der Waals surface area contributed by atoms with Gasteiger partial charge in [-0.3, -0.25) is 9.10 Å². The van der Waals surface area contributed by atoms with E-state index in [1.54, 1.807) is 6.07 Å². The van der Waals surface area contributed by atoms with Gasteiger partial charge in [-0.05, 0) is 48.5 Å². The summed E-state index contributed by atoms with van der Waals surface area (Å²) in [5, 5.41) is 3.47. The third-order valence-electron chi connectivity index (χ3n) is 5.22. The molecule has 1 amide bonds. The van der Waals surface area contributed by atoms with Gasteiger partial charge in [0.2, 0.25) is 5.91 Å². The molecule has 0 radical (unpaired) electrons. The molecule has 0 aliphatic heterocycles. The fraction of sp³-hybridized carbons (Fsp3) is 0.240. The molecule has 12 heteroatoms. The van der Waals surface area contributed by atoms with Gasteiger partial charge in [-0.25, -0.2) is 12.8 Å². The first-order valence-corrected chi connectivity index (χ1v) is 14.3. The van der Waals surface area contributed by atoms with E-state index in [9.17, 15) is 17.6 Å². The van der Waals surface area contributed by atoms with Crippen LogP contribution in [0.1, 0.15) is 5.56 Å². The molecule has 0 heterocycles. The van der Waals surface area contributed by atoms with Crippen molar-refractivity contribution in [1.82, 2.24) is 5.32 Å². The predicted molar refractivity (Wildman–Crippen MR) is 146 cm³/mol. The van der Waals surface area contributed by atoms with Crippen molar-refractivity contribution in [2.75, 3.05) is 37.4 Å². The molecule has 3 rings (SSSR count). The Balaban J connectivity index is 1.71. The Bertz CT molecular complexity index is 1320. The molecule has 0 saturated carbocycles. The van der Waals surface area contributed by atoms with Gasteiger partial charge < -0.3 is 14.8 Å². The van der Waals surface area contributed by atoms with Crippen LogP contribution in [0.15, 0.2) is 65.6 Å². The molecular weight excluding hydrogens is 562 g/mol. The van der Waals surface area contributed by atoms with Gasteiger partial charge in [0.15, 0.2) is 11.5 Å². The number of ether oxygens (including phenoxy) is 2. The summed E-state index contributed by atoms with van der Waals surface area (Å²) in [6.45, 7) is -0.220. The fourth-order valence-electron chi connectivity index (χ4n) is 3.32. The molecule has 3 aromatic rings. The summed E-state index contributed by atoms with van der Waals surface area (Å²) in [6.07, 6.45) is 0. The molecule has 0 aromatic heterocycles. The number of nitrogens with one attached hydrogen (secondary N) is 1. The molecule has 3 aromatic carbocycles. The van der Waals surface area contributed by atoms with Gasteiger partial charge in [-0.2, -0.15) is 11.8 Å². The summed E-state index contributed by atoms with van der Waals surface area (Å²) in [6, 6.07) is 14.8. The van der Waals surface area contributed by atoms with Crippen LogP contribution >= 0.6 is 35.0 Å². The summed E-state index contributed by atoms with van der Waals surface area (Å²) >= 11 is 13.4. The molecular formula is C25H25Cl2FN2O5S2. The molecule has 0 fully saturated rings. The second-order valence-electron chi connectivity index (χ2n) is 7.61. The number of carbonyl (C=O) groups excluding carboxylic acids is 1. The predicted octanol–water partition coefficient (Wildman–Crippen LogP) is 5.39. The average Bonchev–Trinajstić information content (AvgIpc) is 2.88. The summed E-state index contributed by atoms with van der Waals surface area (Å²) < 4.78 is 52.5. The van der Waals surface area contributed by atoms with Crippen LogP contribution < -0.4 is 19.1 Å². The Kier molecular flexibility index (Phi) is 10.3. The van der Waals surface area contributed by atoms with Gasteiger partial charge in [0.05, 0.1) is 24.8 Å². The zero-order valence-electron chi connectivity index (χ0n) is 20.0. The smallest absolute Gasteiger partial charge is 0.264 e. The molecule has 0 unspecified atom stereocenters. The number of hydrogen-bond acceptors (Lipinski definition) is 6. The van der Waals surface area contributed by atoms with E-state index in [1.165, 1.54) is 80.6 Å². The van der Waals surface area contributed by atoms with Crippen LogP contribution in [0.3, 0.4) is 0 Å². The summed E-state index contributed by atoms with van der Waals surface area (Å²) in [5.74, 6) is 0.514. The molecule has 7 nitrogen and oxygen atoms in total. The number of benzene rings is 3. The van der Waals surface area contributed by atoms with Crippen molar-refractivity contribution in [2.24, 2.45) is 0 Å². The molecule has 1 N–H and O–H groups in total. The van der Waals surface area contributed by atoms with E-state index in [2.05, 4.69) is 5.32 Å². The third-order valence-corrected chi connectivity index (χ3v) is 8.58. The highest BCUT2D eigenvalue weighted by molar-refractivity contribution is 7.98. The maximum atomic E-state index is 13.9. The SMILES string of the molecule is COc1ccc(S(=O)(=O)N(CC(=O)NCCSCc2c(F)cccc2Cl)c2ccc(Cl)cc2)cc1OC. The Morgan fingerprint density at radius 2 is 1.73 bits per heavy atom. The van der Waals surface area contributed by atoms with Crippen LogP contribution in [0.5, 0.6) is 11.5 Å². The van der Waals surface area contributed by atoms with Crippen molar-refractivity contribution in [2.45, 2.75) is 10.6 Å². The van der Waals surface area contributed by atoms with Crippen molar-refractivity contribution >= 4 is 56.6 Å². The Labute approximate surface area is 229 Å². The van der Waals surface area contributed by atoms with E-state index in [-0.39, 0.29) is 28.7 Å². The lowest BCUT2D eigenvalue weighted by atomic mass is 10.2. The molecule has 0 bridgehead atoms. The lowest BCUT2D eigenvalue weighted by Crippen LogP contribution is -2.41. The van der Waals surface area contributed by atoms with Gasteiger partial charge in [-0.15, -0.1) is 0 Å². The first-order valence-electron chi connectivity index (χ1n) is 10.9. The molecule has 0 saturated heterocycles. The number of sulfonamides is 1. The van der Waals surface area contributed by atoms with Crippen LogP contribution in [0.4, 0.5) is 10.1 Å². The summed E-state index contributed by atoms with van der Waals surface area (Å²) in [5.41, 5.74) is 0.660. The highest BCUT2D eigenvalue weighted by atomic mass is 35.5. The second-order valence-corrected chi connectivity index (χ2v) is 11.4. The number of amides is 1. The van der Waals surface area contributed by atoms with E-state index in [0.29, 0.717) is 32.9 Å². The Morgan fingerprint density at radius 1 is 1.03 bits per heavy atom. The third kappa shape index (κ3) is 7.44. The van der Waals surface area contributed by atoms with Crippen molar-refractivity contribution in [1.29, 1.82) is 0 Å². The van der Waals surface area contributed by atoms with E-state index in [1.807, 2.05) is 0 Å². The van der Waals surface area contributed by atoms with Crippen LogP contribution in [-0.4, -0.2) is 47.4 Å². The first-order chi connectivity index (χ1) is 17.7. The zero-order valence-corrected chi connectivity index (χ0v) is 23.2. The normalized spacial score (nSPS) is 11.2. The minimum Gasteiger partial charge on any atom is -0.493 e. The van der Waals surface area contributed by atoms with Gasteiger partial charge in [0.1, 0.15) is 12.4 Å². The van der Waals surface area contributed by atoms with Crippen molar-refractivity contribution < 1.29 is 27.1 Å². The largest absolute Gasteiger partial charge is 0.493 e. The topological polar surface area (TPSA) is 84.9 Å². The van der Waals surface area contributed by atoms with E-state index >= 15 is 0 Å². The monoisotopic (exact) mass is 586 g/mol. The van der Waals surface area contributed by atoms with Gasteiger partial charge in [0, 0.05) is 39.7 Å². The highest BCUT2D eigenvalue weighted by Gasteiger charge is 2.28. The fourth-order valence-corrected chi connectivity index (χ4v) is 6.08. The van der Waals surface area contributed by atoms with E-state index < -0.39 is 22.5 Å². The minimum absolute atomic E-state index is 0.0785. The summed E-state index contributed by atoms with van der Waals surface area (Å²) in [4.78, 5) is 12.7. The summed E-state index contributed by atoms with van der Waals surface area (Å²) in [7, 11) is -1.32. The van der Waals surface area contributed by atoms with Crippen LogP contribution in [0, 0.1) is 5.82 Å². The lowest BCUT2D eigenvalue weighted by molar-refractivity contribution is -0.119. The molecule has 0 aliphatic carbocycles. The number of carbonyl (C=O) groups is 1. The maximum absolute atomic E-state index is 13.9. The van der Waals surface area contributed by atoms with Crippen LogP contribution in [-0.2, 0) is 20.6 Å². The van der Waals surface area contributed by atoms with E-state index in [0.717, 1.165) is 4.31 Å². The number of thioether (sulfide) groups is 1. The Hall–Kier alpha value is -2.66. The quantitative estimate of drug-likeness (QED) is 0.286. The first kappa shape index (κ1) is 28.9. The van der Waals surface area contributed by atoms with E-state index in [4.69, 9.17) is 32.7 Å². The number of hydrogen-bond donors (Lipinski definition) is 1. The second kappa shape index (κ2) is 13.2. The number of nitrogens with zero attached hydrogens (tertiary/aromatic N) is 1. The van der Waals surface area contributed by atoms with Gasteiger partial charge in [0.25, 0.3) is 10.0 Å². The van der Waals surface area contributed by atoms with Crippen LogP contribution in [0.2, 0.25) is 10.0 Å². The molecule has 0 aliphatic rings. The number of anilines is 1. The van der Waals surface area contributed by atoms with Gasteiger partial charge in [-0.1, -0.05) is 29.3 Å². The lowest BCUT2D eigenvalue weighted by Gasteiger charge is -2.24. The number of halogens is 3. The molecule has 198 valence electrons. The Morgan fingerprint density at radius 3 is 2.38 bits per heavy atom. The molecule has 37 heavy (non-hydrogen) atoms. The standard InChI is InChI=1S/C25H25Cl2FN2O5S2/c1-34-23-11-10-19(14-24(23)35-2)37(32,33)30(18-8-6-17(26)7-9-18)15-25(31)29-12-13-36-16-20-21(27)4-3-5-22(20)28/h3-11,14H,12-13,15-16H2,1-2H3,(H,29,31). The minimum atomic E-state index is -4.17. The number of methoxy groups -OCH3 is 2. The zero-order chi connectivity index (χ0) is 27.0. The average molecular weight is 588 g/mol. The molecule has 0 spiro atoms. The molecule has 0 atom stereocenters. The highest BCUT2D eigenvalue weighted by Crippen LogP contribution is 2.32. The maximum Gasteiger partial charge on any atom is 0.264 e. The van der Waals surface area contributed by atoms with Crippen molar-refractivity contribution in [3.8, 4) is 11.5 Å². The number of rotatable bonds is 12. The van der Waals surface area contributed by atoms with Crippen molar-refractivity contribution in [3.63, 3.8) is 0 Å². The van der Waals surface area contributed by atoms with Gasteiger partial charge >= 0.3 is 0 Å².